The van der Waals surface area contributed by atoms with Crippen LogP contribution < -0.4 is 9.64 Å². The number of carbonyl (C=O) groups excluding carboxylic acids is 1. The van der Waals surface area contributed by atoms with Gasteiger partial charge in [0.15, 0.2) is 0 Å². The Morgan fingerprint density at radius 1 is 0.875 bits per heavy atom. The summed E-state index contributed by atoms with van der Waals surface area (Å²) in [6, 6.07) is 17.0. The lowest BCUT2D eigenvalue weighted by molar-refractivity contribution is 0.0746. The van der Waals surface area contributed by atoms with E-state index in [2.05, 4.69) is 15.1 Å². The Morgan fingerprint density at radius 3 is 2.41 bits per heavy atom. The Labute approximate surface area is 192 Å². The van der Waals surface area contributed by atoms with Gasteiger partial charge in [0.05, 0.1) is 0 Å². The molecule has 1 aliphatic carbocycles. The first kappa shape index (κ1) is 20.9. The topological polar surface area (TPSA) is 58.6 Å². The highest BCUT2D eigenvalue weighted by Gasteiger charge is 2.26. The van der Waals surface area contributed by atoms with Crippen molar-refractivity contribution in [2.75, 3.05) is 31.1 Å². The van der Waals surface area contributed by atoms with Crippen LogP contribution in [0.3, 0.4) is 0 Å². The lowest BCUT2D eigenvalue weighted by Crippen LogP contribution is -2.48. The van der Waals surface area contributed by atoms with Gasteiger partial charge >= 0.3 is 0 Å². The first-order valence-corrected chi connectivity index (χ1v) is 12.3. The molecule has 5 rings (SSSR count). The Balaban J connectivity index is 1.19. The fourth-order valence-electron chi connectivity index (χ4n) is 4.47. The monoisotopic (exact) mass is 448 g/mol. The summed E-state index contributed by atoms with van der Waals surface area (Å²) < 4.78 is 5.89. The van der Waals surface area contributed by atoms with Gasteiger partial charge in [-0.1, -0.05) is 54.9 Å². The van der Waals surface area contributed by atoms with Crippen LogP contribution in [0, 0.1) is 0 Å². The van der Waals surface area contributed by atoms with E-state index in [4.69, 9.17) is 4.74 Å². The molecule has 2 fully saturated rings. The van der Waals surface area contributed by atoms with Crippen LogP contribution in [0.25, 0.3) is 0 Å². The van der Waals surface area contributed by atoms with Gasteiger partial charge in [-0.25, -0.2) is 0 Å². The summed E-state index contributed by atoms with van der Waals surface area (Å²) >= 11 is 1.74. The molecule has 0 N–H and O–H groups in total. The Bertz CT molecular complexity index is 1040. The molecule has 1 amide bonds. The van der Waals surface area contributed by atoms with Gasteiger partial charge in [0.2, 0.25) is 5.13 Å². The molecule has 0 bridgehead atoms. The number of hydrogen-bond acceptors (Lipinski definition) is 6. The highest BCUT2D eigenvalue weighted by atomic mass is 32.1. The molecule has 166 valence electrons. The number of rotatable bonds is 5. The normalized spacial score (nSPS) is 17.4. The number of para-hydroxylation sites is 1. The van der Waals surface area contributed by atoms with Crippen molar-refractivity contribution in [3.8, 4) is 11.5 Å². The highest BCUT2D eigenvalue weighted by molar-refractivity contribution is 7.15. The van der Waals surface area contributed by atoms with Gasteiger partial charge in [0.1, 0.15) is 16.5 Å². The number of carbonyl (C=O) groups is 1. The second-order valence-corrected chi connectivity index (χ2v) is 9.47. The molecule has 2 heterocycles. The van der Waals surface area contributed by atoms with Crippen molar-refractivity contribution < 1.29 is 9.53 Å². The zero-order valence-corrected chi connectivity index (χ0v) is 19.0. The molecular formula is C25H28N4O2S. The molecule has 1 saturated heterocycles. The van der Waals surface area contributed by atoms with Gasteiger partial charge in [0.25, 0.3) is 5.91 Å². The molecule has 2 aromatic carbocycles. The van der Waals surface area contributed by atoms with E-state index >= 15 is 0 Å². The summed E-state index contributed by atoms with van der Waals surface area (Å²) in [6.07, 6.45) is 6.43. The zero-order valence-electron chi connectivity index (χ0n) is 18.2. The second-order valence-electron chi connectivity index (χ2n) is 8.48. The van der Waals surface area contributed by atoms with Crippen molar-refractivity contribution >= 4 is 22.4 Å². The minimum absolute atomic E-state index is 0.0447. The third-order valence-corrected chi connectivity index (χ3v) is 7.43. The van der Waals surface area contributed by atoms with Gasteiger partial charge in [0, 0.05) is 37.7 Å². The predicted molar refractivity (Wildman–Crippen MR) is 127 cm³/mol. The molecule has 32 heavy (non-hydrogen) atoms. The standard InChI is InChI=1S/C25H28N4O2S/c30-24(20-10-7-13-22(18-20)31-21-11-5-2-6-12-21)28-14-16-29(17-15-28)25-27-26-23(32-25)19-8-3-1-4-9-19/h2,5-7,10-13,18-19H,1,3-4,8-9,14-17H2. The Morgan fingerprint density at radius 2 is 1.62 bits per heavy atom. The number of ether oxygens (including phenoxy) is 1. The third-order valence-electron chi connectivity index (χ3n) is 6.28. The number of hydrogen-bond donors (Lipinski definition) is 0. The summed E-state index contributed by atoms with van der Waals surface area (Å²) in [5.41, 5.74) is 0.655. The fourth-order valence-corrected chi connectivity index (χ4v) is 5.53. The fraction of sp³-hybridized carbons (Fsp3) is 0.400. The van der Waals surface area contributed by atoms with E-state index in [9.17, 15) is 4.79 Å². The van der Waals surface area contributed by atoms with Crippen molar-refractivity contribution in [1.29, 1.82) is 0 Å². The number of benzene rings is 2. The number of aromatic nitrogens is 2. The van der Waals surface area contributed by atoms with Crippen molar-refractivity contribution in [1.82, 2.24) is 15.1 Å². The van der Waals surface area contributed by atoms with E-state index in [1.165, 1.54) is 37.1 Å². The van der Waals surface area contributed by atoms with Crippen LogP contribution in [0.5, 0.6) is 11.5 Å². The predicted octanol–water partition coefficient (Wildman–Crippen LogP) is 5.34. The molecule has 0 unspecified atom stereocenters. The first-order valence-electron chi connectivity index (χ1n) is 11.5. The van der Waals surface area contributed by atoms with E-state index in [0.717, 1.165) is 24.0 Å². The number of amides is 1. The minimum atomic E-state index is 0.0447. The van der Waals surface area contributed by atoms with Crippen LogP contribution in [0.4, 0.5) is 5.13 Å². The average Bonchev–Trinajstić information content (AvgIpc) is 3.36. The van der Waals surface area contributed by atoms with Gasteiger partial charge < -0.3 is 14.5 Å². The van der Waals surface area contributed by atoms with Crippen molar-refractivity contribution in [3.63, 3.8) is 0 Å². The number of piperazine rings is 1. The van der Waals surface area contributed by atoms with Crippen LogP contribution in [0.15, 0.2) is 54.6 Å². The molecule has 1 aromatic heterocycles. The summed E-state index contributed by atoms with van der Waals surface area (Å²) in [5.74, 6) is 2.06. The quantitative estimate of drug-likeness (QED) is 0.527. The minimum Gasteiger partial charge on any atom is -0.457 e. The SMILES string of the molecule is O=C(c1cccc(Oc2ccccc2)c1)N1CCN(c2nnc(C3CCCCC3)s2)CC1. The van der Waals surface area contributed by atoms with Crippen LogP contribution in [0.1, 0.15) is 53.4 Å². The maximum atomic E-state index is 13.1. The van der Waals surface area contributed by atoms with Gasteiger partial charge in [-0.2, -0.15) is 0 Å². The number of anilines is 1. The van der Waals surface area contributed by atoms with E-state index in [1.54, 1.807) is 11.3 Å². The first-order chi connectivity index (χ1) is 15.8. The van der Waals surface area contributed by atoms with E-state index in [1.807, 2.05) is 59.5 Å². The van der Waals surface area contributed by atoms with Gasteiger partial charge in [-0.3, -0.25) is 4.79 Å². The molecule has 0 atom stereocenters. The Kier molecular flexibility index (Phi) is 6.34. The third kappa shape index (κ3) is 4.78. The molecular weight excluding hydrogens is 420 g/mol. The molecule has 3 aromatic rings. The summed E-state index contributed by atoms with van der Waals surface area (Å²) in [7, 11) is 0. The Hall–Kier alpha value is -2.93. The molecule has 7 heteroatoms. The maximum Gasteiger partial charge on any atom is 0.254 e. The molecule has 6 nitrogen and oxygen atoms in total. The maximum absolute atomic E-state index is 13.1. The van der Waals surface area contributed by atoms with Crippen LogP contribution in [0.2, 0.25) is 0 Å². The smallest absolute Gasteiger partial charge is 0.254 e. The highest BCUT2D eigenvalue weighted by Crippen LogP contribution is 2.36. The largest absolute Gasteiger partial charge is 0.457 e. The lowest BCUT2D eigenvalue weighted by Gasteiger charge is -2.34. The lowest BCUT2D eigenvalue weighted by atomic mass is 9.90. The van der Waals surface area contributed by atoms with Crippen molar-refractivity contribution in [3.05, 3.63) is 65.2 Å². The zero-order chi connectivity index (χ0) is 21.8. The van der Waals surface area contributed by atoms with Crippen LogP contribution in [-0.2, 0) is 0 Å². The average molecular weight is 449 g/mol. The van der Waals surface area contributed by atoms with Crippen LogP contribution in [-0.4, -0.2) is 47.2 Å². The van der Waals surface area contributed by atoms with E-state index in [0.29, 0.717) is 30.3 Å². The molecule has 0 spiro atoms. The van der Waals surface area contributed by atoms with Crippen molar-refractivity contribution in [2.24, 2.45) is 0 Å². The molecule has 1 saturated carbocycles. The van der Waals surface area contributed by atoms with Crippen molar-refractivity contribution in [2.45, 2.75) is 38.0 Å². The number of nitrogens with zero attached hydrogens (tertiary/aromatic N) is 4. The van der Waals surface area contributed by atoms with Crippen LogP contribution >= 0.6 is 11.3 Å². The molecule has 2 aliphatic rings. The van der Waals surface area contributed by atoms with E-state index in [-0.39, 0.29) is 5.91 Å². The molecule has 0 radical (unpaired) electrons. The summed E-state index contributed by atoms with van der Waals surface area (Å²) in [6.45, 7) is 2.93. The second kappa shape index (κ2) is 9.69. The van der Waals surface area contributed by atoms with E-state index < -0.39 is 0 Å². The summed E-state index contributed by atoms with van der Waals surface area (Å²) in [4.78, 5) is 17.3. The summed E-state index contributed by atoms with van der Waals surface area (Å²) in [5, 5.41) is 11.1. The molecule has 1 aliphatic heterocycles. The van der Waals surface area contributed by atoms with Gasteiger partial charge in [-0.05, 0) is 43.2 Å². The van der Waals surface area contributed by atoms with Gasteiger partial charge in [-0.15, -0.1) is 10.2 Å².